The minimum absolute atomic E-state index is 0.0915. The molecule has 1 aliphatic carbocycles. The van der Waals surface area contributed by atoms with Crippen molar-refractivity contribution in [2.24, 2.45) is 0 Å². The first-order valence-electron chi connectivity index (χ1n) is 17.0. The van der Waals surface area contributed by atoms with E-state index in [9.17, 15) is 0 Å². The van der Waals surface area contributed by atoms with Gasteiger partial charge >= 0.3 is 0 Å². The summed E-state index contributed by atoms with van der Waals surface area (Å²) in [6, 6.07) is 57.5. The Labute approximate surface area is 299 Å². The van der Waals surface area contributed by atoms with Crippen LogP contribution in [0.4, 0.5) is 17.1 Å². The third-order valence-corrected chi connectivity index (χ3v) is 12.6. The van der Waals surface area contributed by atoms with Gasteiger partial charge in [-0.3, -0.25) is 0 Å². The largest absolute Gasteiger partial charge is 0.309 e. The van der Waals surface area contributed by atoms with Crippen LogP contribution in [-0.4, -0.2) is 4.98 Å². The van der Waals surface area contributed by atoms with Crippen LogP contribution in [0.2, 0.25) is 0 Å². The molecule has 0 unspecified atom stereocenters. The summed E-state index contributed by atoms with van der Waals surface area (Å²) in [6.45, 7) is 4.71. The SMILES string of the molecule is CC1(C)c2ccccc2-c2ccc(N(c3ccc(-c4ccccc4)cc3)c3cccc4c3sc3cc5nc(-c6ccccc6)sc5cc34)cc21. The molecule has 10 rings (SSSR count). The molecular formula is C46H32N2S2. The predicted octanol–water partition coefficient (Wildman–Crippen LogP) is 13.8. The third-order valence-electron chi connectivity index (χ3n) is 10.3. The summed E-state index contributed by atoms with van der Waals surface area (Å²) < 4.78 is 3.75. The standard InChI is InChI=1S/C46H32N2S2/c1-46(2)38-18-10-9-16-34(38)35-25-24-33(26-39(35)46)48(32-22-20-30(21-23-32)29-12-5-3-6-13-29)41-19-11-17-36-37-27-43-40(28-42(37)49-44(36)41)47-45(50-43)31-14-7-4-8-15-31/h3-28H,1-2H3. The molecule has 4 heteroatoms. The predicted molar refractivity (Wildman–Crippen MR) is 216 cm³/mol. The molecule has 0 saturated carbocycles. The number of benzene rings is 7. The maximum atomic E-state index is 5.07. The number of rotatable bonds is 5. The van der Waals surface area contributed by atoms with Crippen molar-refractivity contribution in [3.05, 3.63) is 169 Å². The van der Waals surface area contributed by atoms with Gasteiger partial charge in [0.25, 0.3) is 0 Å². The van der Waals surface area contributed by atoms with E-state index in [2.05, 4.69) is 176 Å². The molecule has 7 aromatic carbocycles. The third kappa shape index (κ3) is 4.56. The van der Waals surface area contributed by atoms with Gasteiger partial charge in [-0.1, -0.05) is 129 Å². The lowest BCUT2D eigenvalue weighted by atomic mass is 9.82. The van der Waals surface area contributed by atoms with Crippen LogP contribution < -0.4 is 4.90 Å². The summed E-state index contributed by atoms with van der Waals surface area (Å²) >= 11 is 3.63. The molecule has 0 saturated heterocycles. The highest BCUT2D eigenvalue weighted by molar-refractivity contribution is 7.27. The number of thiazole rings is 1. The summed E-state index contributed by atoms with van der Waals surface area (Å²) in [5.41, 5.74) is 13.5. The fraction of sp³-hybridized carbons (Fsp3) is 0.0652. The highest BCUT2D eigenvalue weighted by Crippen LogP contribution is 2.52. The molecule has 0 bridgehead atoms. The minimum atomic E-state index is -0.0915. The zero-order valence-electron chi connectivity index (χ0n) is 27.7. The van der Waals surface area contributed by atoms with Gasteiger partial charge in [0.15, 0.2) is 0 Å². The fourth-order valence-corrected chi connectivity index (χ4v) is 9.99. The van der Waals surface area contributed by atoms with E-state index in [1.165, 1.54) is 69.5 Å². The summed E-state index contributed by atoms with van der Waals surface area (Å²) in [5.74, 6) is 0. The molecule has 2 heterocycles. The number of nitrogens with zero attached hydrogens (tertiary/aromatic N) is 2. The van der Waals surface area contributed by atoms with Crippen LogP contribution in [0.3, 0.4) is 0 Å². The molecule has 0 amide bonds. The molecule has 0 spiro atoms. The topological polar surface area (TPSA) is 16.1 Å². The first-order chi connectivity index (χ1) is 24.5. The van der Waals surface area contributed by atoms with Crippen LogP contribution >= 0.6 is 22.7 Å². The second kappa shape index (κ2) is 11.2. The number of fused-ring (bicyclic) bond motifs is 7. The molecular weight excluding hydrogens is 645 g/mol. The molecule has 0 aliphatic heterocycles. The smallest absolute Gasteiger partial charge is 0.124 e. The van der Waals surface area contributed by atoms with E-state index in [0.29, 0.717) is 0 Å². The van der Waals surface area contributed by atoms with Gasteiger partial charge in [-0.05, 0) is 75.8 Å². The second-order valence-electron chi connectivity index (χ2n) is 13.6. The Kier molecular flexibility index (Phi) is 6.61. The van der Waals surface area contributed by atoms with E-state index >= 15 is 0 Å². The number of hydrogen-bond donors (Lipinski definition) is 0. The molecule has 0 N–H and O–H groups in total. The molecule has 2 aromatic heterocycles. The number of aromatic nitrogens is 1. The van der Waals surface area contributed by atoms with Gasteiger partial charge in [0, 0.05) is 37.8 Å². The van der Waals surface area contributed by atoms with E-state index in [0.717, 1.165) is 21.9 Å². The number of anilines is 3. The van der Waals surface area contributed by atoms with Gasteiger partial charge in [-0.15, -0.1) is 22.7 Å². The van der Waals surface area contributed by atoms with Gasteiger partial charge in [-0.25, -0.2) is 4.98 Å². The molecule has 238 valence electrons. The van der Waals surface area contributed by atoms with Crippen LogP contribution in [0.5, 0.6) is 0 Å². The first kappa shape index (κ1) is 29.4. The summed E-state index contributed by atoms with van der Waals surface area (Å²) in [4.78, 5) is 7.53. The monoisotopic (exact) mass is 676 g/mol. The maximum absolute atomic E-state index is 5.07. The Bertz CT molecular complexity index is 2720. The maximum Gasteiger partial charge on any atom is 0.124 e. The van der Waals surface area contributed by atoms with Gasteiger partial charge < -0.3 is 4.90 Å². The number of thiophene rings is 1. The summed E-state index contributed by atoms with van der Waals surface area (Å²) in [7, 11) is 0. The molecule has 0 fully saturated rings. The van der Waals surface area contributed by atoms with Crippen molar-refractivity contribution in [1.82, 2.24) is 4.98 Å². The summed E-state index contributed by atoms with van der Waals surface area (Å²) in [5, 5.41) is 3.63. The van der Waals surface area contributed by atoms with Crippen molar-refractivity contribution < 1.29 is 0 Å². The Hall–Kier alpha value is -5.55. The molecule has 9 aromatic rings. The van der Waals surface area contributed by atoms with Gasteiger partial charge in [-0.2, -0.15) is 0 Å². The Morgan fingerprint density at radius 2 is 1.18 bits per heavy atom. The van der Waals surface area contributed by atoms with Crippen LogP contribution in [0.25, 0.3) is 63.2 Å². The lowest BCUT2D eigenvalue weighted by Gasteiger charge is -2.28. The Balaban J connectivity index is 1.16. The van der Waals surface area contributed by atoms with Crippen molar-refractivity contribution in [1.29, 1.82) is 0 Å². The van der Waals surface area contributed by atoms with Gasteiger partial charge in [0.2, 0.25) is 0 Å². The molecule has 0 radical (unpaired) electrons. The van der Waals surface area contributed by atoms with Crippen molar-refractivity contribution in [3.63, 3.8) is 0 Å². The van der Waals surface area contributed by atoms with Crippen molar-refractivity contribution >= 4 is 70.1 Å². The zero-order chi connectivity index (χ0) is 33.4. The average molecular weight is 677 g/mol. The van der Waals surface area contributed by atoms with E-state index in [1.54, 1.807) is 11.3 Å². The van der Waals surface area contributed by atoms with Crippen LogP contribution in [0.1, 0.15) is 25.0 Å². The zero-order valence-corrected chi connectivity index (χ0v) is 29.4. The second-order valence-corrected chi connectivity index (χ2v) is 15.7. The first-order valence-corrected chi connectivity index (χ1v) is 18.7. The van der Waals surface area contributed by atoms with E-state index in [4.69, 9.17) is 4.98 Å². The van der Waals surface area contributed by atoms with E-state index in [-0.39, 0.29) is 5.41 Å². The van der Waals surface area contributed by atoms with E-state index in [1.807, 2.05) is 11.3 Å². The van der Waals surface area contributed by atoms with Gasteiger partial charge in [0.05, 0.1) is 20.6 Å². The van der Waals surface area contributed by atoms with Crippen LogP contribution in [-0.2, 0) is 5.41 Å². The average Bonchev–Trinajstić information content (AvgIpc) is 3.82. The Morgan fingerprint density at radius 1 is 0.500 bits per heavy atom. The molecule has 0 atom stereocenters. The molecule has 50 heavy (non-hydrogen) atoms. The lowest BCUT2D eigenvalue weighted by Crippen LogP contribution is -2.16. The van der Waals surface area contributed by atoms with Crippen LogP contribution in [0.15, 0.2) is 158 Å². The highest BCUT2D eigenvalue weighted by atomic mass is 32.1. The quantitative estimate of drug-likeness (QED) is 0.180. The summed E-state index contributed by atoms with van der Waals surface area (Å²) in [6.07, 6.45) is 0. The molecule has 1 aliphatic rings. The fourth-order valence-electron chi connectivity index (χ4n) is 7.78. The van der Waals surface area contributed by atoms with Crippen molar-refractivity contribution in [3.8, 4) is 32.8 Å². The van der Waals surface area contributed by atoms with Gasteiger partial charge in [0.1, 0.15) is 5.01 Å². The molecule has 2 nitrogen and oxygen atoms in total. The lowest BCUT2D eigenvalue weighted by molar-refractivity contribution is 0.660. The minimum Gasteiger partial charge on any atom is -0.309 e. The highest BCUT2D eigenvalue weighted by Gasteiger charge is 2.36. The Morgan fingerprint density at radius 3 is 1.98 bits per heavy atom. The van der Waals surface area contributed by atoms with Crippen LogP contribution in [0, 0.1) is 0 Å². The van der Waals surface area contributed by atoms with E-state index < -0.39 is 0 Å². The normalized spacial score (nSPS) is 13.2. The van der Waals surface area contributed by atoms with Crippen molar-refractivity contribution in [2.45, 2.75) is 19.3 Å². The van der Waals surface area contributed by atoms with Crippen molar-refractivity contribution in [2.75, 3.05) is 4.90 Å². The number of hydrogen-bond acceptors (Lipinski definition) is 4.